The summed E-state index contributed by atoms with van der Waals surface area (Å²) in [6.07, 6.45) is 0. The maximum Gasteiger partial charge on any atom is 0.187 e. The third-order valence-corrected chi connectivity index (χ3v) is 1.15. The molecule has 0 radical (unpaired) electrons. The zero-order chi connectivity index (χ0) is 6.10. The van der Waals surface area contributed by atoms with Gasteiger partial charge in [0.05, 0.1) is 0 Å². The quantitative estimate of drug-likeness (QED) is 0.574. The first-order chi connectivity index (χ1) is 4.47. The second kappa shape index (κ2) is 2.70. The molecule has 0 bridgehead atoms. The van der Waals surface area contributed by atoms with Crippen LogP contribution in [0.5, 0.6) is 0 Å². The molecule has 2 aromatic rings. The monoisotopic (exact) mass is 154 g/mol. The van der Waals surface area contributed by atoms with Crippen molar-refractivity contribution < 1.29 is 4.52 Å². The normalized spacial score (nSPS) is 9.20. The Morgan fingerprint density at radius 2 is 2.00 bits per heavy atom. The summed E-state index contributed by atoms with van der Waals surface area (Å²) in [5.41, 5.74) is 1.54. The van der Waals surface area contributed by atoms with Gasteiger partial charge in [0, 0.05) is 5.27 Å². The molecule has 4 heteroatoms. The molecule has 0 saturated carbocycles. The lowest BCUT2D eigenvalue weighted by Gasteiger charge is -1.76. The van der Waals surface area contributed by atoms with E-state index in [0.717, 1.165) is 11.1 Å². The predicted molar refractivity (Wildman–Crippen MR) is 42.2 cm³/mol. The van der Waals surface area contributed by atoms with Crippen LogP contribution in [0.2, 0.25) is 0 Å². The zero-order valence-corrected chi connectivity index (χ0v) is 6.11. The Morgan fingerprint density at radius 3 is 2.80 bits per heavy atom. The minimum absolute atomic E-state index is 0. The van der Waals surface area contributed by atoms with Crippen LogP contribution in [0.3, 0.4) is 0 Å². The topological polar surface area (TPSA) is 38.9 Å². The molecular formula is C6H6N2OS. The summed E-state index contributed by atoms with van der Waals surface area (Å²) in [5.74, 6) is 0. The summed E-state index contributed by atoms with van der Waals surface area (Å²) < 4.78 is 4.76. The van der Waals surface area contributed by atoms with Gasteiger partial charge < -0.3 is 4.52 Å². The lowest BCUT2D eigenvalue weighted by atomic mass is 10.3. The van der Waals surface area contributed by atoms with Crippen molar-refractivity contribution in [2.45, 2.75) is 0 Å². The molecule has 1 aromatic carbocycles. The van der Waals surface area contributed by atoms with Gasteiger partial charge in [-0.25, -0.2) is 0 Å². The number of para-hydroxylation sites is 1. The molecule has 0 amide bonds. The highest BCUT2D eigenvalue weighted by Crippen LogP contribution is 2.06. The molecule has 0 aliphatic heterocycles. The van der Waals surface area contributed by atoms with E-state index >= 15 is 0 Å². The van der Waals surface area contributed by atoms with E-state index in [0.29, 0.717) is 0 Å². The molecule has 0 aliphatic rings. The van der Waals surface area contributed by atoms with Gasteiger partial charge in [0.25, 0.3) is 0 Å². The van der Waals surface area contributed by atoms with Crippen LogP contribution in [-0.2, 0) is 0 Å². The summed E-state index contributed by atoms with van der Waals surface area (Å²) in [6, 6.07) is 7.46. The molecule has 0 spiro atoms. The Kier molecular flexibility index (Phi) is 1.91. The number of hydrogen-bond acceptors (Lipinski definition) is 3. The fraction of sp³-hybridized carbons (Fsp3) is 0. The van der Waals surface area contributed by atoms with Crippen LogP contribution in [0, 0.1) is 0 Å². The van der Waals surface area contributed by atoms with Gasteiger partial charge in [-0.2, -0.15) is 13.5 Å². The van der Waals surface area contributed by atoms with Gasteiger partial charge in [0.2, 0.25) is 0 Å². The molecule has 10 heavy (non-hydrogen) atoms. The van der Waals surface area contributed by atoms with E-state index in [1.807, 2.05) is 24.3 Å². The van der Waals surface area contributed by atoms with Gasteiger partial charge in [0.1, 0.15) is 5.52 Å². The van der Waals surface area contributed by atoms with E-state index in [2.05, 4.69) is 10.4 Å². The molecule has 2 rings (SSSR count). The number of nitrogens with zero attached hydrogens (tertiary/aromatic N) is 2. The highest BCUT2D eigenvalue weighted by molar-refractivity contribution is 7.59. The lowest BCUT2D eigenvalue weighted by molar-refractivity contribution is 0.424. The number of rotatable bonds is 0. The van der Waals surface area contributed by atoms with E-state index in [1.54, 1.807) is 0 Å². The Hall–Kier alpha value is -1.03. The predicted octanol–water partition coefficient (Wildman–Crippen LogP) is 1.34. The van der Waals surface area contributed by atoms with Crippen LogP contribution >= 0.6 is 13.5 Å². The maximum atomic E-state index is 4.76. The van der Waals surface area contributed by atoms with Gasteiger partial charge in [-0.15, -0.1) is 5.10 Å². The fourth-order valence-corrected chi connectivity index (χ4v) is 0.725. The van der Waals surface area contributed by atoms with Crippen molar-refractivity contribution in [1.82, 2.24) is 10.4 Å². The fourth-order valence-electron chi connectivity index (χ4n) is 0.725. The number of aromatic nitrogens is 2. The van der Waals surface area contributed by atoms with Crippen molar-refractivity contribution in [3.8, 4) is 0 Å². The van der Waals surface area contributed by atoms with Gasteiger partial charge in [-0.05, 0) is 12.1 Å². The SMILES string of the molecule is S.c1ccc2onnc2c1. The average Bonchev–Trinajstić information content (AvgIpc) is 2.33. The Labute approximate surface area is 64.5 Å². The molecule has 1 aromatic heterocycles. The minimum Gasteiger partial charge on any atom is -0.337 e. The highest BCUT2D eigenvalue weighted by atomic mass is 32.1. The van der Waals surface area contributed by atoms with Crippen LogP contribution < -0.4 is 0 Å². The van der Waals surface area contributed by atoms with Crippen LogP contribution in [0.4, 0.5) is 0 Å². The van der Waals surface area contributed by atoms with E-state index < -0.39 is 0 Å². The van der Waals surface area contributed by atoms with E-state index in [4.69, 9.17) is 4.52 Å². The number of fused-ring (bicyclic) bond motifs is 1. The Balaban J connectivity index is 0.000000500. The smallest absolute Gasteiger partial charge is 0.187 e. The average molecular weight is 154 g/mol. The van der Waals surface area contributed by atoms with E-state index in [1.165, 1.54) is 0 Å². The van der Waals surface area contributed by atoms with Crippen LogP contribution in [0.15, 0.2) is 28.8 Å². The van der Waals surface area contributed by atoms with Crippen molar-refractivity contribution in [3.05, 3.63) is 24.3 Å². The molecule has 1 heterocycles. The molecule has 3 nitrogen and oxygen atoms in total. The molecule has 0 unspecified atom stereocenters. The first-order valence-corrected chi connectivity index (χ1v) is 2.64. The van der Waals surface area contributed by atoms with Crippen molar-refractivity contribution in [1.29, 1.82) is 0 Å². The number of hydrogen-bond donors (Lipinski definition) is 0. The van der Waals surface area contributed by atoms with Crippen molar-refractivity contribution in [3.63, 3.8) is 0 Å². The molecule has 0 saturated heterocycles. The largest absolute Gasteiger partial charge is 0.337 e. The summed E-state index contributed by atoms with van der Waals surface area (Å²) in [7, 11) is 0. The van der Waals surface area contributed by atoms with Gasteiger partial charge in [-0.1, -0.05) is 12.1 Å². The molecule has 0 fully saturated rings. The molecule has 52 valence electrons. The summed E-state index contributed by atoms with van der Waals surface area (Å²) >= 11 is 0. The van der Waals surface area contributed by atoms with Crippen molar-refractivity contribution >= 4 is 24.6 Å². The second-order valence-electron chi connectivity index (χ2n) is 1.74. The lowest BCUT2D eigenvalue weighted by Crippen LogP contribution is -1.63. The van der Waals surface area contributed by atoms with Gasteiger partial charge >= 0.3 is 0 Å². The summed E-state index contributed by atoms with van der Waals surface area (Å²) in [6.45, 7) is 0. The number of benzene rings is 1. The molecule has 0 aliphatic carbocycles. The third-order valence-electron chi connectivity index (χ3n) is 1.15. The van der Waals surface area contributed by atoms with Crippen LogP contribution in [0.25, 0.3) is 11.1 Å². The molecular weight excluding hydrogens is 148 g/mol. The summed E-state index contributed by atoms with van der Waals surface area (Å²) in [4.78, 5) is 0. The Bertz CT molecular complexity index is 290. The van der Waals surface area contributed by atoms with E-state index in [9.17, 15) is 0 Å². The minimum atomic E-state index is 0. The maximum absolute atomic E-state index is 4.76. The van der Waals surface area contributed by atoms with Crippen LogP contribution in [0.1, 0.15) is 0 Å². The highest BCUT2D eigenvalue weighted by Gasteiger charge is 1.93. The van der Waals surface area contributed by atoms with Crippen LogP contribution in [-0.4, -0.2) is 10.4 Å². The second-order valence-corrected chi connectivity index (χ2v) is 1.74. The Morgan fingerprint density at radius 1 is 1.20 bits per heavy atom. The first kappa shape index (κ1) is 7.08. The molecule has 0 atom stereocenters. The zero-order valence-electron chi connectivity index (χ0n) is 5.11. The summed E-state index contributed by atoms with van der Waals surface area (Å²) in [5, 5.41) is 7.08. The van der Waals surface area contributed by atoms with Crippen molar-refractivity contribution in [2.24, 2.45) is 0 Å². The van der Waals surface area contributed by atoms with E-state index in [-0.39, 0.29) is 13.5 Å². The standard InChI is InChI=1S/C6H4N2O.H2S/c1-2-4-6-5(3-1)7-8-9-6;/h1-4H;1H2. The molecule has 0 N–H and O–H groups in total. The van der Waals surface area contributed by atoms with Gasteiger partial charge in [-0.3, -0.25) is 0 Å². The first-order valence-electron chi connectivity index (χ1n) is 2.64. The third kappa shape index (κ3) is 0.974. The van der Waals surface area contributed by atoms with Gasteiger partial charge in [0.15, 0.2) is 5.58 Å². The van der Waals surface area contributed by atoms with Crippen molar-refractivity contribution in [2.75, 3.05) is 0 Å².